The first-order valence-electron chi connectivity index (χ1n) is 16.4. The number of carbonyl (C=O) groups excluding carboxylic acids is 5. The lowest BCUT2D eigenvalue weighted by molar-refractivity contribution is -0.157. The Balaban J connectivity index is 1.28. The second kappa shape index (κ2) is 16.1. The summed E-state index contributed by atoms with van der Waals surface area (Å²) in [6.45, 7) is 4.01. The molecule has 3 heterocycles. The van der Waals surface area contributed by atoms with E-state index in [2.05, 4.69) is 15.7 Å². The molecule has 0 spiro atoms. The highest BCUT2D eigenvalue weighted by molar-refractivity contribution is 8.00. The summed E-state index contributed by atoms with van der Waals surface area (Å²) in [4.78, 5) is 67.6. The summed E-state index contributed by atoms with van der Waals surface area (Å²) in [6.07, 6.45) is -5.45. The smallest absolute Gasteiger partial charge is 0.435 e. The number of alkyl carbamates (subject to hydrolysis) is 1. The second-order valence-corrected chi connectivity index (χ2v) is 14.3. The van der Waals surface area contributed by atoms with E-state index < -0.39 is 84.2 Å². The number of thioether (sulfide) groups is 1. The number of hydrogen-bond donors (Lipinski definition) is 2. The van der Waals surface area contributed by atoms with Gasteiger partial charge in [0.15, 0.2) is 18.1 Å². The van der Waals surface area contributed by atoms with Gasteiger partial charge in [0.2, 0.25) is 17.7 Å². The average molecular weight is 746 g/mol. The van der Waals surface area contributed by atoms with Gasteiger partial charge in [-0.3, -0.25) is 19.2 Å². The number of benzene rings is 2. The van der Waals surface area contributed by atoms with E-state index in [1.54, 1.807) is 63.2 Å². The van der Waals surface area contributed by atoms with Crippen LogP contribution in [0.3, 0.4) is 0 Å². The Morgan fingerprint density at radius 1 is 1.00 bits per heavy atom. The van der Waals surface area contributed by atoms with Crippen molar-refractivity contribution >= 4 is 41.4 Å². The predicted molar refractivity (Wildman–Crippen MR) is 181 cm³/mol. The molecule has 2 fully saturated rings. The molecule has 3 aromatic rings. The summed E-state index contributed by atoms with van der Waals surface area (Å²) in [5, 5.41) is 8.34. The topological polar surface area (TPSA) is 158 Å². The molecule has 3 amide bonds. The van der Waals surface area contributed by atoms with E-state index in [0.717, 1.165) is 10.2 Å². The van der Waals surface area contributed by atoms with Gasteiger partial charge in [-0.15, -0.1) is 11.8 Å². The van der Waals surface area contributed by atoms with Crippen molar-refractivity contribution in [2.24, 2.45) is 0 Å². The Bertz CT molecular complexity index is 1770. The van der Waals surface area contributed by atoms with E-state index in [1.165, 1.54) is 28.8 Å². The number of esters is 1. The third-order valence-electron chi connectivity index (χ3n) is 7.98. The summed E-state index contributed by atoms with van der Waals surface area (Å²) in [6, 6.07) is 13.9. The molecule has 2 aliphatic heterocycles. The average Bonchev–Trinajstić information content (AvgIpc) is 3.73. The summed E-state index contributed by atoms with van der Waals surface area (Å²) in [5.74, 6) is -3.15. The normalized spacial score (nSPS) is 19.3. The SMILES string of the molecule is CC(C)(C)OC(=O)C[C@H](NC(=O)[C@@H]1CS[C@H]2CC[C@H](NC(=O)OCc3ccccc3)C(=O)N21)C(=O)COc1cc(C(F)(F)F)nn1-c1ccccc1. The number of ether oxygens (including phenoxy) is 3. The fraction of sp³-hybridized carbons (Fsp3) is 0.429. The molecule has 4 atom stereocenters. The van der Waals surface area contributed by atoms with Crippen molar-refractivity contribution < 1.29 is 51.4 Å². The van der Waals surface area contributed by atoms with E-state index in [-0.39, 0.29) is 23.4 Å². The summed E-state index contributed by atoms with van der Waals surface area (Å²) in [7, 11) is 0. The number of nitrogens with one attached hydrogen (secondary N) is 2. The number of aromatic nitrogens is 2. The van der Waals surface area contributed by atoms with Crippen molar-refractivity contribution in [1.29, 1.82) is 0 Å². The van der Waals surface area contributed by atoms with Crippen LogP contribution in [0.25, 0.3) is 5.69 Å². The van der Waals surface area contributed by atoms with Gasteiger partial charge in [-0.1, -0.05) is 48.5 Å². The number of amides is 3. The molecule has 2 saturated heterocycles. The Kier molecular flexibility index (Phi) is 11.8. The largest absolute Gasteiger partial charge is 0.469 e. The van der Waals surface area contributed by atoms with Gasteiger partial charge in [-0.2, -0.15) is 18.3 Å². The maximum absolute atomic E-state index is 13.7. The highest BCUT2D eigenvalue weighted by Crippen LogP contribution is 2.37. The van der Waals surface area contributed by atoms with Crippen molar-refractivity contribution in [3.8, 4) is 11.6 Å². The highest BCUT2D eigenvalue weighted by Gasteiger charge is 2.48. The second-order valence-electron chi connectivity index (χ2n) is 13.1. The van der Waals surface area contributed by atoms with E-state index in [4.69, 9.17) is 14.2 Å². The van der Waals surface area contributed by atoms with Crippen LogP contribution in [0.4, 0.5) is 18.0 Å². The molecule has 0 radical (unpaired) electrons. The minimum absolute atomic E-state index is 0.00429. The third kappa shape index (κ3) is 9.83. The van der Waals surface area contributed by atoms with Gasteiger partial charge in [-0.25, -0.2) is 9.48 Å². The van der Waals surface area contributed by atoms with E-state index in [9.17, 15) is 37.1 Å². The maximum Gasteiger partial charge on any atom is 0.435 e. The van der Waals surface area contributed by atoms with Crippen LogP contribution >= 0.6 is 11.8 Å². The van der Waals surface area contributed by atoms with Crippen LogP contribution in [0, 0.1) is 0 Å². The molecule has 0 aliphatic carbocycles. The number of para-hydroxylation sites is 1. The van der Waals surface area contributed by atoms with Gasteiger partial charge >= 0.3 is 18.2 Å². The van der Waals surface area contributed by atoms with Gasteiger partial charge in [-0.05, 0) is 51.3 Å². The molecule has 1 aromatic heterocycles. The van der Waals surface area contributed by atoms with Crippen molar-refractivity contribution in [2.75, 3.05) is 12.4 Å². The number of alkyl halides is 3. The molecule has 0 saturated carbocycles. The quantitative estimate of drug-likeness (QED) is 0.255. The van der Waals surface area contributed by atoms with Gasteiger partial charge in [0.1, 0.15) is 30.3 Å². The van der Waals surface area contributed by atoms with Crippen molar-refractivity contribution in [3.63, 3.8) is 0 Å². The zero-order chi connectivity index (χ0) is 37.6. The van der Waals surface area contributed by atoms with Gasteiger partial charge in [0, 0.05) is 11.8 Å². The van der Waals surface area contributed by atoms with Crippen LogP contribution in [-0.2, 0) is 41.4 Å². The van der Waals surface area contributed by atoms with E-state index >= 15 is 0 Å². The van der Waals surface area contributed by atoms with Crippen molar-refractivity contribution in [3.05, 3.63) is 78.0 Å². The molecule has 0 unspecified atom stereocenters. The van der Waals surface area contributed by atoms with Gasteiger partial charge in [0.25, 0.3) is 0 Å². The Hall–Kier alpha value is -5.06. The first-order valence-corrected chi connectivity index (χ1v) is 17.5. The summed E-state index contributed by atoms with van der Waals surface area (Å²) in [5.41, 5.74) is -1.19. The Labute approximate surface area is 301 Å². The number of Topliss-reactive ketones (excluding diaryl/α,β-unsaturated/α-hetero) is 1. The van der Waals surface area contributed by atoms with Gasteiger partial charge in [0.05, 0.1) is 17.5 Å². The maximum atomic E-state index is 13.7. The van der Waals surface area contributed by atoms with E-state index in [0.29, 0.717) is 18.9 Å². The predicted octanol–water partition coefficient (Wildman–Crippen LogP) is 4.41. The fourth-order valence-electron chi connectivity index (χ4n) is 5.61. The third-order valence-corrected chi connectivity index (χ3v) is 9.34. The van der Waals surface area contributed by atoms with Crippen molar-refractivity contribution in [1.82, 2.24) is 25.3 Å². The molecular formula is C35H38F3N5O8S. The molecule has 2 N–H and O–H groups in total. The molecule has 2 aromatic carbocycles. The minimum Gasteiger partial charge on any atom is -0.469 e. The first kappa shape index (κ1) is 38.2. The zero-order valence-electron chi connectivity index (χ0n) is 28.6. The molecule has 17 heteroatoms. The fourth-order valence-corrected chi connectivity index (χ4v) is 7.04. The number of carbonyl (C=O) groups is 5. The van der Waals surface area contributed by atoms with Crippen LogP contribution < -0.4 is 15.4 Å². The van der Waals surface area contributed by atoms with Crippen LogP contribution in [0.5, 0.6) is 5.88 Å². The van der Waals surface area contributed by atoms with Crippen LogP contribution in [0.1, 0.15) is 51.3 Å². The highest BCUT2D eigenvalue weighted by atomic mass is 32.2. The summed E-state index contributed by atoms with van der Waals surface area (Å²) >= 11 is 1.36. The van der Waals surface area contributed by atoms with Gasteiger partial charge < -0.3 is 29.7 Å². The van der Waals surface area contributed by atoms with Crippen LogP contribution in [-0.4, -0.2) is 85.8 Å². The molecule has 2 aliphatic rings. The zero-order valence-corrected chi connectivity index (χ0v) is 29.4. The number of nitrogens with zero attached hydrogens (tertiary/aromatic N) is 3. The number of halogens is 3. The molecule has 0 bridgehead atoms. The lowest BCUT2D eigenvalue weighted by atomic mass is 10.0. The number of fused-ring (bicyclic) bond motifs is 1. The number of rotatable bonds is 12. The van der Waals surface area contributed by atoms with Crippen LogP contribution in [0.2, 0.25) is 0 Å². The minimum atomic E-state index is -4.81. The molecule has 278 valence electrons. The first-order chi connectivity index (χ1) is 24.6. The molecular weight excluding hydrogens is 707 g/mol. The lowest BCUT2D eigenvalue weighted by Crippen LogP contribution is -2.60. The molecule has 13 nitrogen and oxygen atoms in total. The number of hydrogen-bond acceptors (Lipinski definition) is 10. The molecule has 52 heavy (non-hydrogen) atoms. The summed E-state index contributed by atoms with van der Waals surface area (Å²) < 4.78 is 57.8. The monoisotopic (exact) mass is 745 g/mol. The number of ketones is 1. The van der Waals surface area contributed by atoms with E-state index in [1.807, 2.05) is 6.07 Å². The lowest BCUT2D eigenvalue weighted by Gasteiger charge is -2.37. The molecule has 5 rings (SSSR count). The number of piperidine rings is 1. The Morgan fingerprint density at radius 2 is 1.67 bits per heavy atom. The van der Waals surface area contributed by atoms with Crippen molar-refractivity contribution in [2.45, 2.75) is 81.9 Å². The standard InChI is InChI=1S/C35H38F3N5O8S/c1-34(2,3)51-30(45)16-24(26(44)19-49-28-17-27(35(36,37)38)41-43(28)22-12-8-5-9-13-22)39-31(46)25-20-52-29-15-14-23(32(47)42(25)29)40-33(48)50-18-21-10-6-4-7-11-21/h4-13,17,23-25,29H,14-16,18-20H2,1-3H3,(H,39,46)(H,40,48)/t23-,24-,25-,29-/m0/s1. The van der Waals surface area contributed by atoms with Crippen LogP contribution in [0.15, 0.2) is 66.7 Å². The Morgan fingerprint density at radius 3 is 2.33 bits per heavy atom.